The summed E-state index contributed by atoms with van der Waals surface area (Å²) in [5.74, 6) is 0.657. The Morgan fingerprint density at radius 3 is 2.36 bits per heavy atom. The summed E-state index contributed by atoms with van der Waals surface area (Å²) in [6.45, 7) is 5.87. The molecule has 1 amide bonds. The summed E-state index contributed by atoms with van der Waals surface area (Å²) in [5.41, 5.74) is 2.57. The highest BCUT2D eigenvalue weighted by molar-refractivity contribution is 7.93. The quantitative estimate of drug-likeness (QED) is 0.782. The smallest absolute Gasteiger partial charge is 0.253 e. The van der Waals surface area contributed by atoms with Gasteiger partial charge in [-0.05, 0) is 62.6 Å². The molecule has 6 heteroatoms. The maximum Gasteiger partial charge on any atom is 0.253 e. The Bertz CT molecular complexity index is 959. The predicted octanol–water partition coefficient (Wildman–Crippen LogP) is 3.79. The first-order valence-corrected chi connectivity index (χ1v) is 11.0. The van der Waals surface area contributed by atoms with E-state index in [2.05, 4.69) is 0 Å². The van der Waals surface area contributed by atoms with Gasteiger partial charge in [0.1, 0.15) is 5.75 Å². The molecule has 0 bridgehead atoms. The molecule has 5 nitrogen and oxygen atoms in total. The lowest BCUT2D eigenvalue weighted by atomic mass is 10.0. The number of benzene rings is 2. The molecule has 0 N–H and O–H groups in total. The fourth-order valence-electron chi connectivity index (χ4n) is 3.46. The minimum Gasteiger partial charge on any atom is -0.497 e. The van der Waals surface area contributed by atoms with Gasteiger partial charge in [0.2, 0.25) is 0 Å². The second-order valence-corrected chi connectivity index (χ2v) is 11.1. The second kappa shape index (κ2) is 7.59. The van der Waals surface area contributed by atoms with Crippen LogP contribution < -0.4 is 4.74 Å². The van der Waals surface area contributed by atoms with Gasteiger partial charge in [0.15, 0.2) is 9.84 Å². The molecule has 0 spiro atoms. The van der Waals surface area contributed by atoms with Gasteiger partial charge in [-0.25, -0.2) is 8.42 Å². The zero-order chi connectivity index (χ0) is 20.5. The molecular weight excluding hydrogens is 374 g/mol. The first-order chi connectivity index (χ1) is 13.1. The van der Waals surface area contributed by atoms with Crippen molar-refractivity contribution in [2.24, 2.45) is 0 Å². The van der Waals surface area contributed by atoms with E-state index < -0.39 is 19.8 Å². The second-order valence-electron chi connectivity index (χ2n) is 8.13. The van der Waals surface area contributed by atoms with Crippen molar-refractivity contribution in [3.05, 3.63) is 54.1 Å². The fraction of sp³-hybridized carbons (Fsp3) is 0.409. The van der Waals surface area contributed by atoms with Crippen LogP contribution in [0.1, 0.15) is 37.6 Å². The van der Waals surface area contributed by atoms with Crippen LogP contribution in [0.3, 0.4) is 0 Å². The Morgan fingerprint density at radius 2 is 1.75 bits per heavy atom. The van der Waals surface area contributed by atoms with Crippen molar-refractivity contribution in [3.8, 4) is 16.9 Å². The molecule has 1 unspecified atom stereocenters. The zero-order valence-corrected chi connectivity index (χ0v) is 17.6. The van der Waals surface area contributed by atoms with Crippen LogP contribution >= 0.6 is 0 Å². The van der Waals surface area contributed by atoms with Crippen LogP contribution in [0, 0.1) is 0 Å². The molecule has 1 atom stereocenters. The van der Waals surface area contributed by atoms with Crippen molar-refractivity contribution in [3.63, 3.8) is 0 Å². The normalized spacial score (nSPS) is 17.6. The van der Waals surface area contributed by atoms with Gasteiger partial charge >= 0.3 is 0 Å². The summed E-state index contributed by atoms with van der Waals surface area (Å²) < 4.78 is 29.8. The van der Waals surface area contributed by atoms with Crippen LogP contribution in [0.4, 0.5) is 0 Å². The van der Waals surface area contributed by atoms with E-state index in [4.69, 9.17) is 4.74 Å². The highest BCUT2D eigenvalue weighted by atomic mass is 32.2. The van der Waals surface area contributed by atoms with E-state index in [1.165, 1.54) is 0 Å². The third kappa shape index (κ3) is 3.92. The van der Waals surface area contributed by atoms with Gasteiger partial charge in [0.05, 0.1) is 17.1 Å². The number of sulfone groups is 1. The van der Waals surface area contributed by atoms with Gasteiger partial charge in [0, 0.05) is 18.7 Å². The van der Waals surface area contributed by atoms with Gasteiger partial charge in [0.25, 0.3) is 5.91 Å². The van der Waals surface area contributed by atoms with E-state index in [9.17, 15) is 13.2 Å². The molecule has 28 heavy (non-hydrogen) atoms. The van der Waals surface area contributed by atoms with Crippen molar-refractivity contribution in [2.75, 3.05) is 20.2 Å². The molecule has 1 aliphatic rings. The third-order valence-electron chi connectivity index (χ3n) is 5.26. The monoisotopic (exact) mass is 401 g/mol. The number of carbonyl (C=O) groups is 1. The first-order valence-electron chi connectivity index (χ1n) is 9.40. The molecule has 0 saturated carbocycles. The number of likely N-dealkylation sites (tertiary alicyclic amines) is 1. The number of carbonyl (C=O) groups excluding carboxylic acids is 1. The number of amides is 1. The van der Waals surface area contributed by atoms with E-state index in [-0.39, 0.29) is 12.5 Å². The topological polar surface area (TPSA) is 63.7 Å². The highest BCUT2D eigenvalue weighted by Gasteiger charge is 2.41. The summed E-state index contributed by atoms with van der Waals surface area (Å²) in [5, 5.41) is -0.493. The van der Waals surface area contributed by atoms with Crippen molar-refractivity contribution in [1.29, 1.82) is 0 Å². The van der Waals surface area contributed by atoms with Gasteiger partial charge in [-0.15, -0.1) is 0 Å². The summed E-state index contributed by atoms with van der Waals surface area (Å²) in [6.07, 6.45) is 0.493. The Hall–Kier alpha value is -2.34. The van der Waals surface area contributed by atoms with Crippen LogP contribution in [-0.2, 0) is 9.84 Å². The van der Waals surface area contributed by atoms with E-state index in [1.54, 1.807) is 44.9 Å². The average molecular weight is 402 g/mol. The molecule has 1 saturated heterocycles. The number of ether oxygens (including phenoxy) is 1. The van der Waals surface area contributed by atoms with E-state index >= 15 is 0 Å². The van der Waals surface area contributed by atoms with Gasteiger partial charge < -0.3 is 9.64 Å². The number of rotatable bonds is 4. The SMILES string of the molecule is COc1cccc(-c2ccc(C(=O)N3CCC(S(=O)(=O)C(C)(C)C)C3)cc2)c1. The Labute approximate surface area is 167 Å². The lowest BCUT2D eigenvalue weighted by Crippen LogP contribution is -2.39. The fourth-order valence-corrected chi connectivity index (χ4v) is 5.25. The zero-order valence-electron chi connectivity index (χ0n) is 16.8. The number of hydrogen-bond acceptors (Lipinski definition) is 4. The van der Waals surface area contributed by atoms with Crippen molar-refractivity contribution in [2.45, 2.75) is 37.2 Å². The summed E-state index contributed by atoms with van der Waals surface area (Å²) in [6, 6.07) is 15.1. The summed E-state index contributed by atoms with van der Waals surface area (Å²) >= 11 is 0. The number of nitrogens with zero attached hydrogens (tertiary/aromatic N) is 1. The van der Waals surface area contributed by atoms with Gasteiger partial charge in [-0.3, -0.25) is 4.79 Å². The van der Waals surface area contributed by atoms with Crippen molar-refractivity contribution < 1.29 is 17.9 Å². The van der Waals surface area contributed by atoms with E-state index in [1.807, 2.05) is 36.4 Å². The van der Waals surface area contributed by atoms with Crippen LogP contribution in [-0.4, -0.2) is 49.4 Å². The molecule has 0 radical (unpaired) electrons. The summed E-state index contributed by atoms with van der Waals surface area (Å²) in [4.78, 5) is 14.5. The largest absolute Gasteiger partial charge is 0.497 e. The van der Waals surface area contributed by atoms with Gasteiger partial charge in [-0.1, -0.05) is 24.3 Å². The van der Waals surface area contributed by atoms with Crippen molar-refractivity contribution >= 4 is 15.7 Å². The standard InChI is InChI=1S/C22H27NO4S/c1-22(2,3)28(25,26)20-12-13-23(15-20)21(24)17-10-8-16(9-11-17)18-6-5-7-19(14-18)27-4/h5-11,14,20H,12-13,15H2,1-4H3. The minimum absolute atomic E-state index is 0.121. The van der Waals surface area contributed by atoms with Crippen LogP contribution in [0.5, 0.6) is 5.75 Å². The maximum absolute atomic E-state index is 12.8. The molecule has 2 aromatic rings. The third-order valence-corrected chi connectivity index (χ3v) is 8.23. The molecule has 1 aliphatic heterocycles. The van der Waals surface area contributed by atoms with Crippen molar-refractivity contribution in [1.82, 2.24) is 4.90 Å². The Balaban J connectivity index is 1.74. The summed E-state index contributed by atoms with van der Waals surface area (Å²) in [7, 11) is -1.65. The molecule has 0 aliphatic carbocycles. The lowest BCUT2D eigenvalue weighted by Gasteiger charge is -2.24. The van der Waals surface area contributed by atoms with E-state index in [0.29, 0.717) is 18.5 Å². The van der Waals surface area contributed by atoms with Crippen LogP contribution in [0.2, 0.25) is 0 Å². The molecule has 150 valence electrons. The van der Waals surface area contributed by atoms with E-state index in [0.717, 1.165) is 16.9 Å². The first kappa shape index (κ1) is 20.4. The number of methoxy groups -OCH3 is 1. The lowest BCUT2D eigenvalue weighted by molar-refractivity contribution is 0.0793. The highest BCUT2D eigenvalue weighted by Crippen LogP contribution is 2.28. The average Bonchev–Trinajstić information content (AvgIpc) is 3.17. The van der Waals surface area contributed by atoms with Crippen LogP contribution in [0.15, 0.2) is 48.5 Å². The molecular formula is C22H27NO4S. The molecule has 0 aromatic heterocycles. The maximum atomic E-state index is 12.8. The molecule has 1 fully saturated rings. The Kier molecular flexibility index (Phi) is 5.53. The van der Waals surface area contributed by atoms with Crippen LogP contribution in [0.25, 0.3) is 11.1 Å². The Morgan fingerprint density at radius 1 is 1.07 bits per heavy atom. The minimum atomic E-state index is -3.28. The molecule has 1 heterocycles. The molecule has 2 aromatic carbocycles. The molecule has 3 rings (SSSR count). The predicted molar refractivity (Wildman–Crippen MR) is 111 cm³/mol. The number of hydrogen-bond donors (Lipinski definition) is 0. The van der Waals surface area contributed by atoms with Gasteiger partial charge in [-0.2, -0.15) is 0 Å².